The van der Waals surface area contributed by atoms with E-state index < -0.39 is 6.09 Å². The van der Waals surface area contributed by atoms with Crippen molar-refractivity contribution < 1.29 is 14.6 Å². The van der Waals surface area contributed by atoms with E-state index in [0.29, 0.717) is 10.6 Å². The van der Waals surface area contributed by atoms with Gasteiger partial charge in [0.15, 0.2) is 0 Å². The summed E-state index contributed by atoms with van der Waals surface area (Å²) in [6.45, 7) is 0.498. The van der Waals surface area contributed by atoms with Crippen molar-refractivity contribution in [2.45, 2.75) is 5.92 Å². The Morgan fingerprint density at radius 3 is 2.40 bits per heavy atom. The number of nitrogens with one attached hydrogen (secondary N) is 1. The lowest BCUT2D eigenvalue weighted by molar-refractivity contribution is 0.144. The van der Waals surface area contributed by atoms with Crippen LogP contribution in [0.2, 0.25) is 5.02 Å². The number of hydrogen-bond donors (Lipinski definition) is 3. The molecule has 3 aromatic carbocycles. The van der Waals surface area contributed by atoms with Crippen molar-refractivity contribution >= 4 is 29.5 Å². The Labute approximate surface area is 179 Å². The zero-order chi connectivity index (χ0) is 21.1. The molecule has 0 heterocycles. The third kappa shape index (κ3) is 3.98. The van der Waals surface area contributed by atoms with Gasteiger partial charge in [-0.15, -0.1) is 0 Å². The van der Waals surface area contributed by atoms with Gasteiger partial charge in [-0.3, -0.25) is 0 Å². The second kappa shape index (κ2) is 8.51. The minimum Gasteiger partial charge on any atom is -0.505 e. The summed E-state index contributed by atoms with van der Waals surface area (Å²) in [6.07, 6.45) is 2.82. The average molecular weight is 421 g/mol. The van der Waals surface area contributed by atoms with Gasteiger partial charge in [0.05, 0.1) is 5.69 Å². The van der Waals surface area contributed by atoms with Crippen LogP contribution in [0, 0.1) is 0 Å². The van der Waals surface area contributed by atoms with Crippen LogP contribution in [0.4, 0.5) is 10.5 Å². The molecule has 0 spiro atoms. The van der Waals surface area contributed by atoms with Gasteiger partial charge in [-0.05, 0) is 34.4 Å². The lowest BCUT2D eigenvalue weighted by Gasteiger charge is -2.14. The standard InChI is InChI=1S/C24H21ClN2O3/c25-16-12-15(23(28)22(26)13-16)6-5-11-27-24(29)30-14-21-19-9-3-1-7-17(19)18-8-2-4-10-20(18)21/h1-10,12-13,21,28H,11,14,26H2,(H,27,29). The number of rotatable bonds is 5. The lowest BCUT2D eigenvalue weighted by Crippen LogP contribution is -2.26. The van der Waals surface area contributed by atoms with Crippen LogP contribution in [-0.2, 0) is 4.74 Å². The van der Waals surface area contributed by atoms with E-state index in [0.717, 1.165) is 0 Å². The number of carbonyl (C=O) groups excluding carboxylic acids is 1. The van der Waals surface area contributed by atoms with E-state index >= 15 is 0 Å². The fourth-order valence-electron chi connectivity index (χ4n) is 3.75. The number of carbonyl (C=O) groups is 1. The maximum Gasteiger partial charge on any atom is 0.407 e. The van der Waals surface area contributed by atoms with Crippen LogP contribution in [0.1, 0.15) is 22.6 Å². The maximum atomic E-state index is 12.2. The molecule has 1 aliphatic rings. The van der Waals surface area contributed by atoms with E-state index in [9.17, 15) is 9.90 Å². The zero-order valence-corrected chi connectivity index (χ0v) is 16.9. The molecule has 0 saturated heterocycles. The predicted octanol–water partition coefficient (Wildman–Crippen LogP) is 5.18. The molecule has 0 unspecified atom stereocenters. The first-order chi connectivity index (χ1) is 14.5. The van der Waals surface area contributed by atoms with Crippen LogP contribution in [0.15, 0.2) is 66.7 Å². The highest BCUT2D eigenvalue weighted by Crippen LogP contribution is 2.44. The summed E-state index contributed by atoms with van der Waals surface area (Å²) >= 11 is 5.95. The van der Waals surface area contributed by atoms with Crippen LogP contribution < -0.4 is 11.1 Å². The molecule has 0 atom stereocenters. The number of alkyl carbamates (subject to hydrolysis) is 1. The molecule has 0 bridgehead atoms. The minimum atomic E-state index is -0.503. The van der Waals surface area contributed by atoms with Gasteiger partial charge < -0.3 is 20.9 Å². The number of nitrogen functional groups attached to an aromatic ring is 1. The molecule has 152 valence electrons. The molecule has 0 aliphatic heterocycles. The summed E-state index contributed by atoms with van der Waals surface area (Å²) in [4.78, 5) is 12.2. The van der Waals surface area contributed by atoms with Gasteiger partial charge in [-0.25, -0.2) is 4.79 Å². The van der Waals surface area contributed by atoms with Crippen molar-refractivity contribution in [1.82, 2.24) is 5.32 Å². The van der Waals surface area contributed by atoms with Crippen LogP contribution in [-0.4, -0.2) is 24.4 Å². The number of nitrogens with two attached hydrogens (primary N) is 1. The van der Waals surface area contributed by atoms with Crippen molar-refractivity contribution in [2.75, 3.05) is 18.9 Å². The molecular formula is C24H21ClN2O3. The zero-order valence-electron chi connectivity index (χ0n) is 16.1. The quantitative estimate of drug-likeness (QED) is 0.392. The molecule has 1 amide bonds. The topological polar surface area (TPSA) is 84.6 Å². The Balaban J connectivity index is 1.35. The molecule has 0 radical (unpaired) electrons. The number of fused-ring (bicyclic) bond motifs is 3. The number of anilines is 1. The summed E-state index contributed by atoms with van der Waals surface area (Å²) in [5.74, 6) is -0.0261. The number of ether oxygens (including phenoxy) is 1. The molecule has 5 nitrogen and oxygen atoms in total. The van der Waals surface area contributed by atoms with Crippen molar-refractivity contribution in [3.05, 3.63) is 88.5 Å². The van der Waals surface area contributed by atoms with E-state index in [1.54, 1.807) is 18.2 Å². The minimum absolute atomic E-state index is 0.0186. The van der Waals surface area contributed by atoms with E-state index in [4.69, 9.17) is 22.1 Å². The highest BCUT2D eigenvalue weighted by atomic mass is 35.5. The highest BCUT2D eigenvalue weighted by Gasteiger charge is 2.28. The van der Waals surface area contributed by atoms with Crippen LogP contribution >= 0.6 is 11.6 Å². The van der Waals surface area contributed by atoms with Crippen LogP contribution in [0.5, 0.6) is 5.75 Å². The van der Waals surface area contributed by atoms with Crippen molar-refractivity contribution in [2.24, 2.45) is 0 Å². The number of phenols is 1. The van der Waals surface area contributed by atoms with Gasteiger partial charge in [-0.2, -0.15) is 0 Å². The molecule has 1 aliphatic carbocycles. The Morgan fingerprint density at radius 2 is 1.73 bits per heavy atom. The lowest BCUT2D eigenvalue weighted by atomic mass is 9.98. The number of hydrogen-bond acceptors (Lipinski definition) is 4. The van der Waals surface area contributed by atoms with Gasteiger partial charge in [0, 0.05) is 23.0 Å². The molecule has 0 aromatic heterocycles. The van der Waals surface area contributed by atoms with Gasteiger partial charge in [0.25, 0.3) is 0 Å². The first kappa shape index (κ1) is 19.9. The summed E-state index contributed by atoms with van der Waals surface area (Å²) in [6, 6.07) is 19.4. The Kier molecular flexibility index (Phi) is 5.63. The number of aromatic hydroxyl groups is 1. The first-order valence-corrected chi connectivity index (χ1v) is 9.95. The van der Waals surface area contributed by atoms with Gasteiger partial charge in [-0.1, -0.05) is 72.3 Å². The van der Waals surface area contributed by atoms with Gasteiger partial charge in [0.2, 0.25) is 0 Å². The van der Waals surface area contributed by atoms with Crippen molar-refractivity contribution in [3.63, 3.8) is 0 Å². The summed E-state index contributed by atoms with van der Waals surface area (Å²) in [5.41, 5.74) is 11.1. The smallest absolute Gasteiger partial charge is 0.407 e. The SMILES string of the molecule is Nc1cc(Cl)cc(C=CCNC(=O)OCC2c3ccccc3-c3ccccc32)c1O. The molecule has 4 N–H and O–H groups in total. The molecular weight excluding hydrogens is 400 g/mol. The van der Waals surface area contributed by atoms with E-state index in [1.807, 2.05) is 24.3 Å². The van der Waals surface area contributed by atoms with Crippen LogP contribution in [0.25, 0.3) is 17.2 Å². The second-order valence-corrected chi connectivity index (χ2v) is 7.48. The molecule has 0 fully saturated rings. The largest absolute Gasteiger partial charge is 0.505 e. The average Bonchev–Trinajstić information content (AvgIpc) is 3.07. The number of phenolic OH excluding ortho intramolecular Hbond substituents is 1. The Bertz CT molecular complexity index is 1080. The number of amides is 1. The Morgan fingerprint density at radius 1 is 1.10 bits per heavy atom. The van der Waals surface area contributed by atoms with Crippen LogP contribution in [0.3, 0.4) is 0 Å². The highest BCUT2D eigenvalue weighted by molar-refractivity contribution is 6.31. The maximum absolute atomic E-state index is 12.2. The van der Waals surface area contributed by atoms with E-state index in [2.05, 4.69) is 29.6 Å². The fraction of sp³-hybridized carbons (Fsp3) is 0.125. The molecule has 3 aromatic rings. The first-order valence-electron chi connectivity index (χ1n) is 9.58. The number of halogens is 1. The van der Waals surface area contributed by atoms with E-state index in [1.165, 1.54) is 28.3 Å². The summed E-state index contributed by atoms with van der Waals surface area (Å²) < 4.78 is 5.48. The molecule has 4 rings (SSSR count). The summed E-state index contributed by atoms with van der Waals surface area (Å²) in [5, 5.41) is 13.1. The molecule has 6 heteroatoms. The third-order valence-corrected chi connectivity index (χ3v) is 5.36. The second-order valence-electron chi connectivity index (χ2n) is 7.04. The fourth-order valence-corrected chi connectivity index (χ4v) is 3.98. The normalized spacial score (nSPS) is 12.6. The van der Waals surface area contributed by atoms with Gasteiger partial charge >= 0.3 is 6.09 Å². The number of benzene rings is 3. The predicted molar refractivity (Wildman–Crippen MR) is 120 cm³/mol. The Hall–Kier alpha value is -3.44. The van der Waals surface area contributed by atoms with Crippen molar-refractivity contribution in [3.8, 4) is 16.9 Å². The molecule has 0 saturated carbocycles. The van der Waals surface area contributed by atoms with E-state index in [-0.39, 0.29) is 30.5 Å². The van der Waals surface area contributed by atoms with Crippen molar-refractivity contribution in [1.29, 1.82) is 0 Å². The summed E-state index contributed by atoms with van der Waals surface area (Å²) in [7, 11) is 0. The van der Waals surface area contributed by atoms with Gasteiger partial charge in [0.1, 0.15) is 12.4 Å². The third-order valence-electron chi connectivity index (χ3n) is 5.14. The monoisotopic (exact) mass is 420 g/mol. The molecule has 30 heavy (non-hydrogen) atoms.